The van der Waals surface area contributed by atoms with Gasteiger partial charge >= 0.3 is 29.6 Å². The summed E-state index contributed by atoms with van der Waals surface area (Å²) in [6.07, 6.45) is 3.22. The van der Waals surface area contributed by atoms with Crippen LogP contribution in [0.3, 0.4) is 0 Å². The summed E-state index contributed by atoms with van der Waals surface area (Å²) in [6.45, 7) is 5.62. The molecule has 0 aromatic heterocycles. The van der Waals surface area contributed by atoms with E-state index in [-0.39, 0.29) is 46.7 Å². The molecule has 2 rings (SSSR count). The molecule has 6 nitrogen and oxygen atoms in total. The van der Waals surface area contributed by atoms with Gasteiger partial charge < -0.3 is 20.1 Å². The fourth-order valence-electron chi connectivity index (χ4n) is 2.91. The van der Waals surface area contributed by atoms with Crippen LogP contribution in [0.2, 0.25) is 0 Å². The number of amides is 2. The molecule has 0 saturated carbocycles. The Kier molecular flexibility index (Phi) is 6.80. The van der Waals surface area contributed by atoms with Crippen molar-refractivity contribution in [3.05, 3.63) is 0 Å². The number of nitrogens with zero attached hydrogens (tertiary/aromatic N) is 1. The second-order valence-corrected chi connectivity index (χ2v) is 7.85. The van der Waals surface area contributed by atoms with E-state index in [4.69, 9.17) is 0 Å². The van der Waals surface area contributed by atoms with Gasteiger partial charge in [-0.05, 0) is 20.3 Å². The first-order chi connectivity index (χ1) is 9.79. The van der Waals surface area contributed by atoms with E-state index < -0.39 is 22.8 Å². The number of nitrogens with one attached hydrogen (secondary N) is 1. The van der Waals surface area contributed by atoms with E-state index in [1.54, 1.807) is 13.8 Å². The van der Waals surface area contributed by atoms with Gasteiger partial charge in [0.1, 0.15) is 11.4 Å². The van der Waals surface area contributed by atoms with Crippen LogP contribution in [0.5, 0.6) is 0 Å². The zero-order valence-electron chi connectivity index (χ0n) is 13.5. The standard InChI is InChI=1S/C14H22N2O4S.Na/c1-4-5-6-7-8(17)15-9-11(18)16-10(13(19)20)14(2,3)21-12(9)16;/h9-10,12H,4-7H2,1-3H3,(H,15,17)(H,19,20);/q;+1/p-1/t9-,10+,12-;/m1./s1. The number of carbonyl (C=O) groups is 3. The fourth-order valence-corrected chi connectivity index (χ4v) is 4.53. The molecule has 1 N–H and O–H groups in total. The van der Waals surface area contributed by atoms with Gasteiger partial charge in [-0.25, -0.2) is 0 Å². The molecular formula is C14H21N2NaO4S. The number of thioether (sulfide) groups is 1. The molecule has 2 aliphatic heterocycles. The summed E-state index contributed by atoms with van der Waals surface area (Å²) < 4.78 is -0.610. The molecule has 0 spiro atoms. The normalized spacial score (nSPS) is 28.4. The predicted molar refractivity (Wildman–Crippen MR) is 77.2 cm³/mol. The van der Waals surface area contributed by atoms with Gasteiger partial charge in [-0.2, -0.15) is 0 Å². The predicted octanol–water partition coefficient (Wildman–Crippen LogP) is -3.13. The minimum atomic E-state index is -1.24. The van der Waals surface area contributed by atoms with Gasteiger partial charge in [-0.3, -0.25) is 9.59 Å². The van der Waals surface area contributed by atoms with Crippen molar-refractivity contribution in [1.29, 1.82) is 0 Å². The van der Waals surface area contributed by atoms with E-state index in [2.05, 4.69) is 12.2 Å². The second kappa shape index (κ2) is 7.55. The molecule has 0 radical (unpaired) electrons. The van der Waals surface area contributed by atoms with Gasteiger partial charge in [0.25, 0.3) is 0 Å². The number of unbranched alkanes of at least 4 members (excludes halogenated alkanes) is 2. The topological polar surface area (TPSA) is 89.5 Å². The Morgan fingerprint density at radius 2 is 2.00 bits per heavy atom. The Bertz CT molecular complexity index is 472. The van der Waals surface area contributed by atoms with Gasteiger partial charge in [0.15, 0.2) is 0 Å². The van der Waals surface area contributed by atoms with Crippen LogP contribution in [0.1, 0.15) is 46.5 Å². The van der Waals surface area contributed by atoms with Crippen molar-refractivity contribution in [2.75, 3.05) is 0 Å². The maximum atomic E-state index is 12.1. The molecule has 0 unspecified atom stereocenters. The largest absolute Gasteiger partial charge is 1.00 e. The van der Waals surface area contributed by atoms with Gasteiger partial charge in [-0.1, -0.05) is 19.8 Å². The molecule has 22 heavy (non-hydrogen) atoms. The van der Waals surface area contributed by atoms with Gasteiger partial charge in [0.2, 0.25) is 11.8 Å². The minimum Gasteiger partial charge on any atom is -0.548 e. The Labute approximate surface area is 157 Å². The van der Waals surface area contributed by atoms with E-state index in [0.717, 1.165) is 19.3 Å². The molecule has 2 fully saturated rings. The van der Waals surface area contributed by atoms with Gasteiger partial charge in [0, 0.05) is 11.2 Å². The molecule has 0 aliphatic carbocycles. The van der Waals surface area contributed by atoms with Crippen molar-refractivity contribution in [1.82, 2.24) is 10.2 Å². The molecule has 2 amide bonds. The number of carbonyl (C=O) groups excluding carboxylic acids is 3. The number of hydrogen-bond donors (Lipinski definition) is 1. The van der Waals surface area contributed by atoms with E-state index >= 15 is 0 Å². The van der Waals surface area contributed by atoms with E-state index in [9.17, 15) is 19.5 Å². The summed E-state index contributed by atoms with van der Waals surface area (Å²) in [5, 5.41) is 13.7. The van der Waals surface area contributed by atoms with Crippen molar-refractivity contribution >= 4 is 29.5 Å². The maximum Gasteiger partial charge on any atom is 1.00 e. The van der Waals surface area contributed by atoms with Crippen LogP contribution in [-0.2, 0) is 14.4 Å². The fraction of sp³-hybridized carbons (Fsp3) is 0.786. The summed E-state index contributed by atoms with van der Waals surface area (Å²) >= 11 is 1.41. The van der Waals surface area contributed by atoms with Crippen LogP contribution >= 0.6 is 11.8 Å². The average Bonchev–Trinajstić information content (AvgIpc) is 2.65. The second-order valence-electron chi connectivity index (χ2n) is 6.08. The number of rotatable bonds is 6. The molecule has 2 aliphatic rings. The number of β-lactam (4-membered cyclic amide) rings is 1. The number of aliphatic carboxylic acids is 1. The van der Waals surface area contributed by atoms with E-state index in [1.165, 1.54) is 16.7 Å². The SMILES string of the molecule is CCCCCC(=O)N[C@@H]1C(=O)N2[C@@H]1SC(C)(C)[C@@H]2C(=O)[O-].[Na+]. The molecule has 2 saturated heterocycles. The molecule has 0 aromatic carbocycles. The Morgan fingerprint density at radius 3 is 2.55 bits per heavy atom. The molecule has 8 heteroatoms. The first-order valence-electron chi connectivity index (χ1n) is 7.30. The van der Waals surface area contributed by atoms with Crippen LogP contribution in [0.4, 0.5) is 0 Å². The van der Waals surface area contributed by atoms with Gasteiger partial charge in [0.05, 0.1) is 12.0 Å². The van der Waals surface area contributed by atoms with Crippen molar-refractivity contribution < 1.29 is 49.0 Å². The quantitative estimate of drug-likeness (QED) is 0.315. The van der Waals surface area contributed by atoms with Crippen molar-refractivity contribution in [2.24, 2.45) is 0 Å². The summed E-state index contributed by atoms with van der Waals surface area (Å²) in [5.41, 5.74) is 0. The zero-order valence-corrected chi connectivity index (χ0v) is 16.4. The van der Waals surface area contributed by atoms with E-state index in [1.807, 2.05) is 0 Å². The number of carboxylic acids is 1. The first-order valence-corrected chi connectivity index (χ1v) is 8.17. The average molecular weight is 336 g/mol. The summed E-state index contributed by atoms with van der Waals surface area (Å²) in [6, 6.07) is -1.54. The molecule has 0 bridgehead atoms. The smallest absolute Gasteiger partial charge is 0.548 e. The molecular weight excluding hydrogens is 315 g/mol. The Balaban J connectivity index is 0.00000242. The van der Waals surface area contributed by atoms with E-state index in [0.29, 0.717) is 6.42 Å². The third kappa shape index (κ3) is 3.63. The molecule has 0 aromatic rings. The van der Waals surface area contributed by atoms with Crippen molar-refractivity contribution in [3.63, 3.8) is 0 Å². The minimum absolute atomic E-state index is 0. The third-order valence-corrected chi connectivity index (χ3v) is 5.56. The Hall–Kier alpha value is -0.240. The molecule has 118 valence electrons. The van der Waals surface area contributed by atoms with Gasteiger partial charge in [-0.15, -0.1) is 11.8 Å². The van der Waals surface area contributed by atoms with Crippen molar-refractivity contribution in [2.45, 2.75) is 68.7 Å². The van der Waals surface area contributed by atoms with Crippen LogP contribution in [0, 0.1) is 0 Å². The molecule has 3 atom stereocenters. The third-order valence-electron chi connectivity index (χ3n) is 3.99. The van der Waals surface area contributed by atoms with Crippen LogP contribution in [0.15, 0.2) is 0 Å². The van der Waals surface area contributed by atoms with Crippen LogP contribution in [0.25, 0.3) is 0 Å². The number of carboxylic acid groups (broad SMARTS) is 1. The summed E-state index contributed by atoms with van der Waals surface area (Å²) in [4.78, 5) is 36.5. The summed E-state index contributed by atoms with van der Waals surface area (Å²) in [5.74, 6) is -1.70. The van der Waals surface area contributed by atoms with Crippen LogP contribution in [-0.4, -0.2) is 44.9 Å². The number of fused-ring (bicyclic) bond motifs is 1. The van der Waals surface area contributed by atoms with Crippen molar-refractivity contribution in [3.8, 4) is 0 Å². The Morgan fingerprint density at radius 1 is 1.36 bits per heavy atom. The van der Waals surface area contributed by atoms with Crippen LogP contribution < -0.4 is 40.0 Å². The molecule has 2 heterocycles. The maximum absolute atomic E-state index is 12.1. The number of hydrogen-bond acceptors (Lipinski definition) is 5. The monoisotopic (exact) mass is 336 g/mol. The first kappa shape index (κ1) is 19.8. The zero-order chi connectivity index (χ0) is 15.8. The summed E-state index contributed by atoms with van der Waals surface area (Å²) in [7, 11) is 0.